The Kier molecular flexibility index (Phi) is 7.15. The summed E-state index contributed by atoms with van der Waals surface area (Å²) in [7, 11) is 0. The Labute approximate surface area is 177 Å². The highest BCUT2D eigenvalue weighted by molar-refractivity contribution is 6.30. The first kappa shape index (κ1) is 21.2. The van der Waals surface area contributed by atoms with Crippen LogP contribution in [-0.4, -0.2) is 42.9 Å². The van der Waals surface area contributed by atoms with Gasteiger partial charge in [-0.2, -0.15) is 0 Å². The molecule has 1 aliphatic heterocycles. The largest absolute Gasteiger partial charge is 0.372 e. The van der Waals surface area contributed by atoms with Crippen LogP contribution in [0.25, 0.3) is 0 Å². The molecule has 1 saturated heterocycles. The molecule has 5 nitrogen and oxygen atoms in total. The van der Waals surface area contributed by atoms with Crippen LogP contribution >= 0.6 is 11.6 Å². The molecule has 29 heavy (non-hydrogen) atoms. The second kappa shape index (κ2) is 9.79. The Bertz CT molecular complexity index is 832. The van der Waals surface area contributed by atoms with Crippen molar-refractivity contribution in [3.63, 3.8) is 0 Å². The van der Waals surface area contributed by atoms with Crippen molar-refractivity contribution < 1.29 is 9.59 Å². The molecule has 1 atom stereocenters. The topological polar surface area (TPSA) is 52.7 Å². The van der Waals surface area contributed by atoms with Gasteiger partial charge in [0.15, 0.2) is 0 Å². The lowest BCUT2D eigenvalue weighted by Gasteiger charge is -2.32. The van der Waals surface area contributed by atoms with Gasteiger partial charge >= 0.3 is 0 Å². The summed E-state index contributed by atoms with van der Waals surface area (Å²) >= 11 is 5.91. The van der Waals surface area contributed by atoms with Crippen molar-refractivity contribution in [2.75, 3.05) is 36.4 Å². The molecule has 154 valence electrons. The molecule has 2 aromatic rings. The highest BCUT2D eigenvalue weighted by atomic mass is 35.5. The highest BCUT2D eigenvalue weighted by Crippen LogP contribution is 2.23. The van der Waals surface area contributed by atoms with Gasteiger partial charge in [0.25, 0.3) is 5.91 Å². The van der Waals surface area contributed by atoms with E-state index >= 15 is 0 Å². The third-order valence-electron chi connectivity index (χ3n) is 5.43. The van der Waals surface area contributed by atoms with E-state index in [1.807, 2.05) is 24.3 Å². The number of piperidine rings is 1. The molecule has 0 aromatic heterocycles. The first-order valence-electron chi connectivity index (χ1n) is 10.2. The Morgan fingerprint density at radius 1 is 1.07 bits per heavy atom. The van der Waals surface area contributed by atoms with Gasteiger partial charge in [-0.05, 0) is 75.2 Å². The molecule has 0 saturated carbocycles. The maximum atomic E-state index is 12.8. The van der Waals surface area contributed by atoms with Gasteiger partial charge in [0.1, 0.15) is 0 Å². The van der Waals surface area contributed by atoms with Crippen LogP contribution in [0.2, 0.25) is 5.02 Å². The van der Waals surface area contributed by atoms with Crippen LogP contribution in [0.3, 0.4) is 0 Å². The van der Waals surface area contributed by atoms with E-state index in [-0.39, 0.29) is 17.7 Å². The number of nitrogens with one attached hydrogen (secondary N) is 1. The van der Waals surface area contributed by atoms with Crippen molar-refractivity contribution in [1.29, 1.82) is 0 Å². The molecular weight excluding hydrogens is 386 g/mol. The zero-order chi connectivity index (χ0) is 20.8. The molecule has 2 amide bonds. The average molecular weight is 414 g/mol. The van der Waals surface area contributed by atoms with Crippen molar-refractivity contribution in [3.05, 3.63) is 59.1 Å². The minimum atomic E-state index is -0.206. The average Bonchev–Trinajstić information content (AvgIpc) is 2.76. The van der Waals surface area contributed by atoms with E-state index in [0.29, 0.717) is 23.7 Å². The number of hydrogen-bond donors (Lipinski definition) is 1. The summed E-state index contributed by atoms with van der Waals surface area (Å²) in [6.45, 7) is 7.25. The van der Waals surface area contributed by atoms with Gasteiger partial charge in [0.05, 0.1) is 5.92 Å². The second-order valence-corrected chi connectivity index (χ2v) is 7.74. The zero-order valence-electron chi connectivity index (χ0n) is 17.0. The Hall–Kier alpha value is -2.53. The van der Waals surface area contributed by atoms with Crippen LogP contribution in [0.5, 0.6) is 0 Å². The Morgan fingerprint density at radius 2 is 1.72 bits per heavy atom. The molecule has 1 unspecified atom stereocenters. The minimum Gasteiger partial charge on any atom is -0.372 e. The minimum absolute atomic E-state index is 0.0332. The molecule has 0 radical (unpaired) electrons. The van der Waals surface area contributed by atoms with Crippen molar-refractivity contribution >= 4 is 34.8 Å². The summed E-state index contributed by atoms with van der Waals surface area (Å²) in [6.07, 6.45) is 1.60. The molecule has 1 heterocycles. The van der Waals surface area contributed by atoms with Crippen LogP contribution in [-0.2, 0) is 4.79 Å². The van der Waals surface area contributed by atoms with E-state index in [1.165, 1.54) is 0 Å². The van der Waals surface area contributed by atoms with Crippen LogP contribution in [0.4, 0.5) is 11.4 Å². The van der Waals surface area contributed by atoms with Crippen LogP contribution in [0.15, 0.2) is 48.5 Å². The fraction of sp³-hybridized carbons (Fsp3) is 0.391. The number of anilines is 2. The van der Waals surface area contributed by atoms with Crippen molar-refractivity contribution in [2.24, 2.45) is 5.92 Å². The number of nitrogens with zero attached hydrogens (tertiary/aromatic N) is 2. The molecule has 0 bridgehead atoms. The lowest BCUT2D eigenvalue weighted by Crippen LogP contribution is -2.43. The van der Waals surface area contributed by atoms with E-state index in [0.717, 1.165) is 37.3 Å². The number of benzene rings is 2. The molecule has 2 aromatic carbocycles. The van der Waals surface area contributed by atoms with Crippen molar-refractivity contribution in [3.8, 4) is 0 Å². The molecular formula is C23H28ClN3O2. The van der Waals surface area contributed by atoms with E-state index in [2.05, 4.69) is 24.1 Å². The summed E-state index contributed by atoms with van der Waals surface area (Å²) in [5.41, 5.74) is 2.53. The van der Waals surface area contributed by atoms with E-state index in [9.17, 15) is 9.59 Å². The summed E-state index contributed by atoms with van der Waals surface area (Å²) < 4.78 is 0. The fourth-order valence-corrected chi connectivity index (χ4v) is 3.87. The zero-order valence-corrected chi connectivity index (χ0v) is 17.8. The summed E-state index contributed by atoms with van der Waals surface area (Å²) in [5, 5.41) is 3.61. The van der Waals surface area contributed by atoms with Gasteiger partial charge in [0.2, 0.25) is 5.91 Å². The molecule has 1 N–H and O–H groups in total. The van der Waals surface area contributed by atoms with Gasteiger partial charge in [-0.1, -0.05) is 11.6 Å². The van der Waals surface area contributed by atoms with E-state index in [4.69, 9.17) is 11.6 Å². The summed E-state index contributed by atoms with van der Waals surface area (Å²) in [4.78, 5) is 29.5. The SMILES string of the molecule is CCN(CC)c1ccc(NC(=O)C2CCCN(C(=O)c3ccc(Cl)cc3)C2)cc1. The van der Waals surface area contributed by atoms with Crippen LogP contribution in [0.1, 0.15) is 37.0 Å². The monoisotopic (exact) mass is 413 g/mol. The number of halogens is 1. The first-order chi connectivity index (χ1) is 14.0. The summed E-state index contributed by atoms with van der Waals surface area (Å²) in [5.74, 6) is -0.292. The molecule has 6 heteroatoms. The van der Waals surface area contributed by atoms with Gasteiger partial charge < -0.3 is 15.1 Å². The molecule has 0 aliphatic carbocycles. The maximum Gasteiger partial charge on any atom is 0.253 e. The molecule has 0 spiro atoms. The molecule has 1 aliphatic rings. The fourth-order valence-electron chi connectivity index (χ4n) is 3.74. The van der Waals surface area contributed by atoms with Crippen LogP contribution < -0.4 is 10.2 Å². The lowest BCUT2D eigenvalue weighted by molar-refractivity contribution is -0.121. The Balaban J connectivity index is 1.60. The predicted octanol–water partition coefficient (Wildman–Crippen LogP) is 4.68. The number of carbonyl (C=O) groups is 2. The molecule has 3 rings (SSSR count). The third kappa shape index (κ3) is 5.30. The van der Waals surface area contributed by atoms with Gasteiger partial charge in [0, 0.05) is 48.1 Å². The number of likely N-dealkylation sites (tertiary alicyclic amines) is 1. The normalized spacial score (nSPS) is 16.4. The number of carbonyl (C=O) groups excluding carboxylic acids is 2. The smallest absolute Gasteiger partial charge is 0.253 e. The predicted molar refractivity (Wildman–Crippen MR) is 119 cm³/mol. The van der Waals surface area contributed by atoms with Gasteiger partial charge in [-0.3, -0.25) is 9.59 Å². The lowest BCUT2D eigenvalue weighted by atomic mass is 9.96. The van der Waals surface area contributed by atoms with Crippen molar-refractivity contribution in [2.45, 2.75) is 26.7 Å². The number of rotatable bonds is 6. The molecule has 1 fully saturated rings. The highest BCUT2D eigenvalue weighted by Gasteiger charge is 2.29. The second-order valence-electron chi connectivity index (χ2n) is 7.31. The standard InChI is InChI=1S/C23H28ClN3O2/c1-3-26(4-2)21-13-11-20(12-14-21)25-22(28)18-6-5-15-27(16-18)23(29)17-7-9-19(24)10-8-17/h7-14,18H,3-6,15-16H2,1-2H3,(H,25,28). The van der Waals surface area contributed by atoms with E-state index in [1.54, 1.807) is 29.2 Å². The van der Waals surface area contributed by atoms with E-state index < -0.39 is 0 Å². The quantitative estimate of drug-likeness (QED) is 0.748. The number of amides is 2. The van der Waals surface area contributed by atoms with Crippen molar-refractivity contribution in [1.82, 2.24) is 4.90 Å². The van der Waals surface area contributed by atoms with Crippen LogP contribution in [0, 0.1) is 5.92 Å². The van der Waals surface area contributed by atoms with Gasteiger partial charge in [-0.25, -0.2) is 0 Å². The van der Waals surface area contributed by atoms with Gasteiger partial charge in [-0.15, -0.1) is 0 Å². The maximum absolute atomic E-state index is 12.8. The third-order valence-corrected chi connectivity index (χ3v) is 5.69. The Morgan fingerprint density at radius 3 is 2.34 bits per heavy atom. The summed E-state index contributed by atoms with van der Waals surface area (Å²) in [6, 6.07) is 14.8. The first-order valence-corrected chi connectivity index (χ1v) is 10.6. The number of hydrogen-bond acceptors (Lipinski definition) is 3.